The second-order valence-corrected chi connectivity index (χ2v) is 4.35. The maximum Gasteiger partial charge on any atom is 0.230 e. The summed E-state index contributed by atoms with van der Waals surface area (Å²) in [5, 5.41) is 15.0. The molecule has 6 heteroatoms. The Bertz CT molecular complexity index is 332. The van der Waals surface area contributed by atoms with Crippen molar-refractivity contribution in [1.82, 2.24) is 10.5 Å². The van der Waals surface area contributed by atoms with E-state index in [9.17, 15) is 4.79 Å². The molecule has 1 aromatic rings. The van der Waals surface area contributed by atoms with Gasteiger partial charge in [-0.25, -0.2) is 0 Å². The zero-order valence-electron chi connectivity index (χ0n) is 9.45. The molecule has 16 heavy (non-hydrogen) atoms. The van der Waals surface area contributed by atoms with E-state index in [2.05, 4.69) is 10.5 Å². The fourth-order valence-corrected chi connectivity index (χ4v) is 2.21. The van der Waals surface area contributed by atoms with Crippen molar-refractivity contribution in [2.45, 2.75) is 19.6 Å². The lowest BCUT2D eigenvalue weighted by atomic mass is 10.2. The molecule has 2 N–H and O–H groups in total. The molecule has 5 nitrogen and oxygen atoms in total. The predicted octanol–water partition coefficient (Wildman–Crippen LogP) is 0.633. The van der Waals surface area contributed by atoms with Gasteiger partial charge in [-0.05, 0) is 13.8 Å². The molecule has 0 fully saturated rings. The molecule has 0 saturated carbocycles. The molecule has 1 heterocycles. The molecule has 0 saturated heterocycles. The van der Waals surface area contributed by atoms with Gasteiger partial charge in [0.2, 0.25) is 5.91 Å². The van der Waals surface area contributed by atoms with Crippen LogP contribution in [0.5, 0.6) is 0 Å². The van der Waals surface area contributed by atoms with Gasteiger partial charge in [0.1, 0.15) is 5.76 Å². The van der Waals surface area contributed by atoms with Crippen LogP contribution in [0.3, 0.4) is 0 Å². The summed E-state index contributed by atoms with van der Waals surface area (Å²) in [5.74, 6) is 1.84. The lowest BCUT2D eigenvalue weighted by Gasteiger charge is -2.02. The van der Waals surface area contributed by atoms with Crippen LogP contribution in [-0.2, 0) is 10.5 Å². The highest BCUT2D eigenvalue weighted by atomic mass is 32.2. The molecule has 1 rings (SSSR count). The lowest BCUT2D eigenvalue weighted by molar-refractivity contribution is -0.118. The number of aryl methyl sites for hydroxylation is 2. The Balaban J connectivity index is 2.28. The van der Waals surface area contributed by atoms with Gasteiger partial charge in [-0.1, -0.05) is 5.16 Å². The topological polar surface area (TPSA) is 75.4 Å². The van der Waals surface area contributed by atoms with Crippen LogP contribution in [0.15, 0.2) is 4.52 Å². The van der Waals surface area contributed by atoms with Gasteiger partial charge in [-0.15, -0.1) is 11.8 Å². The van der Waals surface area contributed by atoms with Crippen molar-refractivity contribution in [1.29, 1.82) is 0 Å². The SMILES string of the molecule is Cc1noc(C)c1CSCC(=O)NCCO. The first-order valence-electron chi connectivity index (χ1n) is 5.02. The summed E-state index contributed by atoms with van der Waals surface area (Å²) in [6.07, 6.45) is 0. The fraction of sp³-hybridized carbons (Fsp3) is 0.600. The fourth-order valence-electron chi connectivity index (χ4n) is 1.20. The minimum atomic E-state index is -0.0641. The molecular weight excluding hydrogens is 228 g/mol. The van der Waals surface area contributed by atoms with Crippen LogP contribution in [0, 0.1) is 13.8 Å². The smallest absolute Gasteiger partial charge is 0.230 e. The minimum Gasteiger partial charge on any atom is -0.395 e. The van der Waals surface area contributed by atoms with E-state index in [0.717, 1.165) is 17.0 Å². The van der Waals surface area contributed by atoms with Crippen molar-refractivity contribution >= 4 is 17.7 Å². The van der Waals surface area contributed by atoms with Gasteiger partial charge in [0.25, 0.3) is 0 Å². The number of hydrogen-bond acceptors (Lipinski definition) is 5. The highest BCUT2D eigenvalue weighted by Crippen LogP contribution is 2.18. The van der Waals surface area contributed by atoms with Crippen LogP contribution in [0.4, 0.5) is 0 Å². The third-order valence-electron chi connectivity index (χ3n) is 2.09. The number of carbonyl (C=O) groups excluding carboxylic acids is 1. The number of aromatic nitrogens is 1. The molecule has 0 unspecified atom stereocenters. The van der Waals surface area contributed by atoms with E-state index in [1.54, 1.807) is 0 Å². The highest BCUT2D eigenvalue weighted by molar-refractivity contribution is 7.99. The van der Waals surface area contributed by atoms with Gasteiger partial charge in [0, 0.05) is 17.9 Å². The average molecular weight is 244 g/mol. The van der Waals surface area contributed by atoms with E-state index < -0.39 is 0 Å². The third kappa shape index (κ3) is 3.86. The Morgan fingerprint density at radius 2 is 2.31 bits per heavy atom. The summed E-state index contributed by atoms with van der Waals surface area (Å²) in [4.78, 5) is 11.2. The molecule has 0 aliphatic heterocycles. The van der Waals surface area contributed by atoms with Gasteiger partial charge < -0.3 is 14.9 Å². The number of aliphatic hydroxyl groups is 1. The summed E-state index contributed by atoms with van der Waals surface area (Å²) < 4.78 is 5.02. The Kier molecular flexibility index (Phi) is 5.34. The lowest BCUT2D eigenvalue weighted by Crippen LogP contribution is -2.27. The van der Waals surface area contributed by atoms with Crippen molar-refractivity contribution in [2.24, 2.45) is 0 Å². The van der Waals surface area contributed by atoms with E-state index >= 15 is 0 Å². The van der Waals surface area contributed by atoms with Gasteiger partial charge >= 0.3 is 0 Å². The van der Waals surface area contributed by atoms with Crippen LogP contribution < -0.4 is 5.32 Å². The largest absolute Gasteiger partial charge is 0.395 e. The summed E-state index contributed by atoms with van der Waals surface area (Å²) in [7, 11) is 0. The number of hydrogen-bond donors (Lipinski definition) is 2. The molecular formula is C10H16N2O3S. The number of aliphatic hydroxyl groups excluding tert-OH is 1. The van der Waals surface area contributed by atoms with Gasteiger partial charge in [0.05, 0.1) is 18.1 Å². The molecule has 0 aromatic carbocycles. The Hall–Kier alpha value is -1.01. The number of nitrogens with one attached hydrogen (secondary N) is 1. The molecule has 1 aromatic heterocycles. The summed E-state index contributed by atoms with van der Waals surface area (Å²) in [6.45, 7) is 4.03. The highest BCUT2D eigenvalue weighted by Gasteiger charge is 2.09. The van der Waals surface area contributed by atoms with E-state index in [1.807, 2.05) is 13.8 Å². The molecule has 0 spiro atoms. The van der Waals surface area contributed by atoms with Crippen LogP contribution in [0.2, 0.25) is 0 Å². The number of nitrogens with zero attached hydrogens (tertiary/aromatic N) is 1. The Morgan fingerprint density at radius 3 is 2.88 bits per heavy atom. The van der Waals surface area contributed by atoms with E-state index in [-0.39, 0.29) is 12.5 Å². The van der Waals surface area contributed by atoms with Crippen LogP contribution in [0.25, 0.3) is 0 Å². The predicted molar refractivity (Wildman–Crippen MR) is 62.2 cm³/mol. The van der Waals surface area contributed by atoms with Crippen molar-refractivity contribution in [3.8, 4) is 0 Å². The van der Waals surface area contributed by atoms with E-state index in [0.29, 0.717) is 18.1 Å². The average Bonchev–Trinajstić information content (AvgIpc) is 2.57. The molecule has 0 aliphatic carbocycles. The first-order valence-corrected chi connectivity index (χ1v) is 6.17. The maximum atomic E-state index is 11.2. The van der Waals surface area contributed by atoms with E-state index in [1.165, 1.54) is 11.8 Å². The summed E-state index contributed by atoms with van der Waals surface area (Å²) in [6, 6.07) is 0. The van der Waals surface area contributed by atoms with Gasteiger partial charge in [0.15, 0.2) is 0 Å². The van der Waals surface area contributed by atoms with E-state index in [4.69, 9.17) is 9.63 Å². The van der Waals surface area contributed by atoms with Crippen LogP contribution in [-0.4, -0.2) is 35.1 Å². The molecule has 0 atom stereocenters. The maximum absolute atomic E-state index is 11.2. The van der Waals surface area contributed by atoms with Crippen molar-refractivity contribution in [3.05, 3.63) is 17.0 Å². The number of carbonyl (C=O) groups is 1. The third-order valence-corrected chi connectivity index (χ3v) is 3.05. The number of rotatable bonds is 6. The zero-order valence-corrected chi connectivity index (χ0v) is 10.3. The summed E-state index contributed by atoms with van der Waals surface area (Å²) in [5.41, 5.74) is 1.93. The van der Waals surface area contributed by atoms with Crippen LogP contribution >= 0.6 is 11.8 Å². The number of thioether (sulfide) groups is 1. The number of amides is 1. The normalized spacial score (nSPS) is 10.4. The van der Waals surface area contributed by atoms with Crippen molar-refractivity contribution in [2.75, 3.05) is 18.9 Å². The monoisotopic (exact) mass is 244 g/mol. The molecule has 0 bridgehead atoms. The first-order chi connectivity index (χ1) is 7.65. The molecule has 90 valence electrons. The first kappa shape index (κ1) is 13.1. The second-order valence-electron chi connectivity index (χ2n) is 3.37. The molecule has 0 aliphatic rings. The van der Waals surface area contributed by atoms with Crippen molar-refractivity contribution < 1.29 is 14.4 Å². The Morgan fingerprint density at radius 1 is 1.56 bits per heavy atom. The second kappa shape index (κ2) is 6.55. The Labute approximate surface area is 98.6 Å². The van der Waals surface area contributed by atoms with Crippen molar-refractivity contribution in [3.63, 3.8) is 0 Å². The quantitative estimate of drug-likeness (QED) is 0.768. The summed E-state index contributed by atoms with van der Waals surface area (Å²) >= 11 is 1.50. The zero-order chi connectivity index (χ0) is 12.0. The molecule has 0 radical (unpaired) electrons. The van der Waals surface area contributed by atoms with Gasteiger partial charge in [-0.3, -0.25) is 4.79 Å². The van der Waals surface area contributed by atoms with Crippen LogP contribution in [0.1, 0.15) is 17.0 Å². The van der Waals surface area contributed by atoms with Gasteiger partial charge in [-0.2, -0.15) is 0 Å². The molecule has 1 amide bonds. The minimum absolute atomic E-state index is 0.0275. The standard InChI is InChI=1S/C10H16N2O3S/c1-7-9(8(2)15-12-7)5-16-6-10(14)11-3-4-13/h13H,3-6H2,1-2H3,(H,11,14).